The molecule has 0 bridgehead atoms. The number of nitrogens with one attached hydrogen (secondary N) is 3. The maximum Gasteiger partial charge on any atom is 0.323 e. The maximum atomic E-state index is 13.3. The summed E-state index contributed by atoms with van der Waals surface area (Å²) in [5.41, 5.74) is 2.88. The van der Waals surface area contributed by atoms with Crippen molar-refractivity contribution in [3.8, 4) is 0 Å². The minimum Gasteiger partial charge on any atom is -0.377 e. The first-order chi connectivity index (χ1) is 15.2. The molecule has 8 heteroatoms. The third kappa shape index (κ3) is 5.76. The Bertz CT molecular complexity index is 1120. The summed E-state index contributed by atoms with van der Waals surface area (Å²) in [6, 6.07) is 17.9. The molecular weight excluding hydrogens is 431 g/mol. The van der Waals surface area contributed by atoms with Gasteiger partial charge in [0.1, 0.15) is 5.82 Å². The second-order valence-corrected chi connectivity index (χ2v) is 7.85. The highest BCUT2D eigenvalue weighted by atomic mass is 35.5. The van der Waals surface area contributed by atoms with Gasteiger partial charge in [0, 0.05) is 31.2 Å². The third-order valence-corrected chi connectivity index (χ3v) is 5.10. The summed E-state index contributed by atoms with van der Waals surface area (Å²) in [6.45, 7) is 1.91. The van der Waals surface area contributed by atoms with Crippen LogP contribution in [0.25, 0.3) is 0 Å². The van der Waals surface area contributed by atoms with Crippen LogP contribution in [0.4, 0.5) is 26.2 Å². The number of amides is 3. The molecule has 3 aromatic rings. The highest BCUT2D eigenvalue weighted by Gasteiger charge is 2.17. The van der Waals surface area contributed by atoms with E-state index in [1.54, 1.807) is 18.2 Å². The first kappa shape index (κ1) is 23.1. The van der Waals surface area contributed by atoms with Crippen molar-refractivity contribution in [2.24, 2.45) is 0 Å². The molecule has 1 unspecified atom stereocenters. The molecule has 0 spiro atoms. The van der Waals surface area contributed by atoms with E-state index in [1.807, 2.05) is 56.3 Å². The first-order valence-electron chi connectivity index (χ1n) is 9.95. The zero-order valence-electron chi connectivity index (χ0n) is 17.9. The highest BCUT2D eigenvalue weighted by molar-refractivity contribution is 6.31. The fourth-order valence-corrected chi connectivity index (χ4v) is 3.33. The van der Waals surface area contributed by atoms with Gasteiger partial charge in [-0.25, -0.2) is 9.18 Å². The fraction of sp³-hybridized carbons (Fsp3) is 0.167. The van der Waals surface area contributed by atoms with Crippen LogP contribution in [0, 0.1) is 5.82 Å². The number of benzene rings is 3. The van der Waals surface area contributed by atoms with E-state index in [2.05, 4.69) is 16.0 Å². The van der Waals surface area contributed by atoms with Crippen LogP contribution in [0.1, 0.15) is 28.9 Å². The van der Waals surface area contributed by atoms with Crippen LogP contribution >= 0.6 is 11.6 Å². The number of carbonyl (C=O) groups excluding carboxylic acids is 2. The molecule has 0 aliphatic rings. The topological polar surface area (TPSA) is 73.5 Å². The van der Waals surface area contributed by atoms with Crippen LogP contribution in [0.2, 0.25) is 5.02 Å². The largest absolute Gasteiger partial charge is 0.377 e. The first-order valence-corrected chi connectivity index (χ1v) is 10.3. The molecule has 3 rings (SSSR count). The normalized spacial score (nSPS) is 11.4. The second-order valence-electron chi connectivity index (χ2n) is 7.44. The zero-order chi connectivity index (χ0) is 23.3. The maximum absolute atomic E-state index is 13.3. The monoisotopic (exact) mass is 454 g/mol. The van der Waals surface area contributed by atoms with Gasteiger partial charge < -0.3 is 20.9 Å². The van der Waals surface area contributed by atoms with E-state index in [-0.39, 0.29) is 17.0 Å². The molecular formula is C24H24ClFN4O2. The molecule has 0 heterocycles. The van der Waals surface area contributed by atoms with E-state index in [1.165, 1.54) is 18.2 Å². The van der Waals surface area contributed by atoms with E-state index in [0.717, 1.165) is 5.56 Å². The number of nitrogens with zero attached hydrogens (tertiary/aromatic N) is 1. The highest BCUT2D eigenvalue weighted by Crippen LogP contribution is 2.25. The SMILES string of the molecule is CC(NC(=O)c1cc(NC(=O)Nc2ccc(F)c(Cl)c2)ccc1N(C)C)c1ccccc1. The van der Waals surface area contributed by atoms with Gasteiger partial charge in [0.05, 0.1) is 16.6 Å². The second kappa shape index (κ2) is 10.2. The van der Waals surface area contributed by atoms with Crippen LogP contribution in [0.3, 0.4) is 0 Å². The summed E-state index contributed by atoms with van der Waals surface area (Å²) >= 11 is 5.75. The predicted octanol–water partition coefficient (Wildman–Crippen LogP) is 5.68. The Hall–Kier alpha value is -3.58. The Kier molecular flexibility index (Phi) is 7.33. The molecule has 0 fully saturated rings. The molecule has 166 valence electrons. The predicted molar refractivity (Wildman–Crippen MR) is 127 cm³/mol. The van der Waals surface area contributed by atoms with Gasteiger partial charge in [0.25, 0.3) is 5.91 Å². The molecule has 0 radical (unpaired) electrons. The fourth-order valence-electron chi connectivity index (χ4n) is 3.15. The molecule has 0 saturated heterocycles. The van der Waals surface area contributed by atoms with Crippen molar-refractivity contribution >= 4 is 40.6 Å². The number of urea groups is 1. The molecule has 6 nitrogen and oxygen atoms in total. The van der Waals surface area contributed by atoms with Crippen molar-refractivity contribution in [1.82, 2.24) is 5.32 Å². The van der Waals surface area contributed by atoms with Gasteiger partial charge in [-0.15, -0.1) is 0 Å². The lowest BCUT2D eigenvalue weighted by molar-refractivity contribution is 0.0940. The van der Waals surface area contributed by atoms with E-state index < -0.39 is 11.8 Å². The summed E-state index contributed by atoms with van der Waals surface area (Å²) in [5, 5.41) is 8.17. The van der Waals surface area contributed by atoms with Gasteiger partial charge in [0.2, 0.25) is 0 Å². The van der Waals surface area contributed by atoms with Crippen molar-refractivity contribution in [3.05, 3.63) is 88.7 Å². The van der Waals surface area contributed by atoms with Crippen molar-refractivity contribution in [2.45, 2.75) is 13.0 Å². The summed E-state index contributed by atoms with van der Waals surface area (Å²) in [4.78, 5) is 27.2. The molecule has 32 heavy (non-hydrogen) atoms. The molecule has 0 saturated carbocycles. The number of hydrogen-bond donors (Lipinski definition) is 3. The third-order valence-electron chi connectivity index (χ3n) is 4.81. The molecule has 3 aromatic carbocycles. The number of hydrogen-bond acceptors (Lipinski definition) is 3. The minimum absolute atomic E-state index is 0.0929. The summed E-state index contributed by atoms with van der Waals surface area (Å²) in [6.07, 6.45) is 0. The van der Waals surface area contributed by atoms with Crippen LogP contribution in [0.15, 0.2) is 66.7 Å². The minimum atomic E-state index is -0.572. The average Bonchev–Trinajstić information content (AvgIpc) is 2.76. The van der Waals surface area contributed by atoms with Gasteiger partial charge in [-0.3, -0.25) is 4.79 Å². The molecule has 0 aromatic heterocycles. The van der Waals surface area contributed by atoms with Crippen molar-refractivity contribution in [2.75, 3.05) is 29.6 Å². The van der Waals surface area contributed by atoms with Gasteiger partial charge in [0.15, 0.2) is 0 Å². The summed E-state index contributed by atoms with van der Waals surface area (Å²) in [5.74, 6) is -0.836. The summed E-state index contributed by atoms with van der Waals surface area (Å²) < 4.78 is 13.3. The number of rotatable bonds is 6. The molecule has 3 N–H and O–H groups in total. The van der Waals surface area contributed by atoms with Gasteiger partial charge in [-0.2, -0.15) is 0 Å². The summed E-state index contributed by atoms with van der Waals surface area (Å²) in [7, 11) is 3.68. The van der Waals surface area contributed by atoms with Crippen LogP contribution < -0.4 is 20.9 Å². The lowest BCUT2D eigenvalue weighted by Crippen LogP contribution is -2.28. The molecule has 0 aliphatic heterocycles. The van der Waals surface area contributed by atoms with Crippen LogP contribution in [0.5, 0.6) is 0 Å². The van der Waals surface area contributed by atoms with E-state index in [9.17, 15) is 14.0 Å². The Labute approximate surface area is 191 Å². The molecule has 3 amide bonds. The Morgan fingerprint density at radius 1 is 0.938 bits per heavy atom. The van der Waals surface area contributed by atoms with Crippen LogP contribution in [-0.2, 0) is 0 Å². The van der Waals surface area contributed by atoms with Gasteiger partial charge in [-0.1, -0.05) is 41.9 Å². The van der Waals surface area contributed by atoms with Crippen LogP contribution in [-0.4, -0.2) is 26.0 Å². The lowest BCUT2D eigenvalue weighted by atomic mass is 10.1. The van der Waals surface area contributed by atoms with E-state index >= 15 is 0 Å². The van der Waals surface area contributed by atoms with Gasteiger partial charge in [-0.05, 0) is 48.9 Å². The Morgan fingerprint density at radius 2 is 1.56 bits per heavy atom. The van der Waals surface area contributed by atoms with Crippen molar-refractivity contribution in [3.63, 3.8) is 0 Å². The molecule has 1 atom stereocenters. The standard InChI is InChI=1S/C24H24ClFN4O2/c1-15(16-7-5-4-6-8-16)27-23(31)19-13-17(10-12-22(19)30(2)3)28-24(32)29-18-9-11-21(26)20(25)14-18/h4-15H,1-3H3,(H,27,31)(H2,28,29,32). The zero-order valence-corrected chi connectivity index (χ0v) is 18.7. The number of anilines is 3. The van der Waals surface area contributed by atoms with Crippen molar-refractivity contribution < 1.29 is 14.0 Å². The quantitative estimate of drug-likeness (QED) is 0.448. The Balaban J connectivity index is 1.76. The molecule has 0 aliphatic carbocycles. The van der Waals surface area contributed by atoms with E-state index in [0.29, 0.717) is 22.6 Å². The number of halogens is 2. The van der Waals surface area contributed by atoms with Gasteiger partial charge >= 0.3 is 6.03 Å². The van der Waals surface area contributed by atoms with Crippen molar-refractivity contribution in [1.29, 1.82) is 0 Å². The van der Waals surface area contributed by atoms with E-state index in [4.69, 9.17) is 11.6 Å². The Morgan fingerprint density at radius 3 is 2.19 bits per heavy atom. The number of carbonyl (C=O) groups is 2. The lowest BCUT2D eigenvalue weighted by Gasteiger charge is -2.20. The smallest absolute Gasteiger partial charge is 0.323 e. The average molecular weight is 455 g/mol.